The van der Waals surface area contributed by atoms with Gasteiger partial charge in [-0.1, -0.05) is 48.5 Å². The van der Waals surface area contributed by atoms with Crippen molar-refractivity contribution >= 4 is 17.3 Å². The number of hydrogen-bond donors (Lipinski definition) is 0. The Morgan fingerprint density at radius 3 is 2.03 bits per heavy atom. The van der Waals surface area contributed by atoms with E-state index in [1.807, 2.05) is 71.6 Å². The Morgan fingerprint density at radius 2 is 1.41 bits per heavy atom. The van der Waals surface area contributed by atoms with E-state index in [4.69, 9.17) is 5.10 Å². The lowest BCUT2D eigenvalue weighted by atomic mass is 10.1. The summed E-state index contributed by atoms with van der Waals surface area (Å²) >= 11 is 0. The van der Waals surface area contributed by atoms with Crippen LogP contribution in [0.2, 0.25) is 0 Å². The number of anilines is 1. The van der Waals surface area contributed by atoms with Crippen LogP contribution >= 0.6 is 0 Å². The maximum Gasteiger partial charge on any atom is 0.272 e. The summed E-state index contributed by atoms with van der Waals surface area (Å²) in [6.45, 7) is 2.40. The van der Waals surface area contributed by atoms with E-state index in [1.54, 1.807) is 16.8 Å². The zero-order valence-electron chi connectivity index (χ0n) is 18.4. The Morgan fingerprint density at radius 1 is 0.794 bits per heavy atom. The molecule has 0 atom stereocenters. The molecule has 8 nitrogen and oxygen atoms in total. The molecule has 4 aromatic rings. The van der Waals surface area contributed by atoms with Crippen molar-refractivity contribution in [1.82, 2.24) is 14.7 Å². The zero-order chi connectivity index (χ0) is 23.5. The quantitative estimate of drug-likeness (QED) is 0.330. The highest BCUT2D eigenvalue weighted by Crippen LogP contribution is 2.24. The van der Waals surface area contributed by atoms with E-state index in [0.29, 0.717) is 31.9 Å². The molecule has 0 saturated carbocycles. The molecule has 0 unspecified atom stereocenters. The molecule has 0 bridgehead atoms. The van der Waals surface area contributed by atoms with Crippen molar-refractivity contribution in [2.45, 2.75) is 0 Å². The summed E-state index contributed by atoms with van der Waals surface area (Å²) in [7, 11) is 0. The summed E-state index contributed by atoms with van der Waals surface area (Å²) in [6.07, 6.45) is 0. The Bertz CT molecular complexity index is 1300. The summed E-state index contributed by atoms with van der Waals surface area (Å²) < 4.78 is 1.72. The van der Waals surface area contributed by atoms with Crippen molar-refractivity contribution in [1.29, 1.82) is 0 Å². The maximum absolute atomic E-state index is 13.6. The van der Waals surface area contributed by atoms with Crippen LogP contribution in [0.4, 0.5) is 11.4 Å². The van der Waals surface area contributed by atoms with Gasteiger partial charge in [-0.2, -0.15) is 5.10 Å². The zero-order valence-corrected chi connectivity index (χ0v) is 18.4. The molecule has 170 valence electrons. The number of non-ortho nitro benzene ring substituents is 1. The van der Waals surface area contributed by atoms with E-state index >= 15 is 0 Å². The predicted octanol–water partition coefficient (Wildman–Crippen LogP) is 4.41. The topological polar surface area (TPSA) is 84.5 Å². The Kier molecular flexibility index (Phi) is 5.78. The molecule has 2 heterocycles. The SMILES string of the molecule is O=C(c1cc(-c2ccccc2)nn1-c1ccccc1)N1CCN(c2ccc([N+](=O)[O-])cc2)CC1. The standard InChI is InChI=1S/C26H23N5O3/c32-26(29-17-15-28(16-18-29)21-11-13-23(14-12-21)31(33)34)25-19-24(20-7-3-1-4-8-20)27-30(25)22-9-5-2-6-10-22/h1-14,19H,15-18H2. The van der Waals surface area contributed by atoms with Crippen molar-refractivity contribution in [3.8, 4) is 16.9 Å². The average Bonchev–Trinajstić information content (AvgIpc) is 3.35. The van der Waals surface area contributed by atoms with Gasteiger partial charge in [0.1, 0.15) is 5.69 Å². The Balaban J connectivity index is 1.37. The molecule has 1 aliphatic heterocycles. The molecule has 1 fully saturated rings. The second kappa shape index (κ2) is 9.19. The first-order valence-electron chi connectivity index (χ1n) is 11.1. The number of piperazine rings is 1. The fraction of sp³-hybridized carbons (Fsp3) is 0.154. The van der Waals surface area contributed by atoms with Crippen LogP contribution in [0.15, 0.2) is 91.0 Å². The monoisotopic (exact) mass is 453 g/mol. The molecule has 5 rings (SSSR count). The van der Waals surface area contributed by atoms with Gasteiger partial charge in [0.15, 0.2) is 0 Å². The van der Waals surface area contributed by atoms with Crippen molar-refractivity contribution in [3.05, 3.63) is 107 Å². The van der Waals surface area contributed by atoms with Crippen molar-refractivity contribution in [3.63, 3.8) is 0 Å². The summed E-state index contributed by atoms with van der Waals surface area (Å²) in [4.78, 5) is 28.1. The second-order valence-electron chi connectivity index (χ2n) is 8.08. The van der Waals surface area contributed by atoms with Crippen LogP contribution in [0.3, 0.4) is 0 Å². The minimum Gasteiger partial charge on any atom is -0.368 e. The average molecular weight is 454 g/mol. The number of nitrogens with zero attached hydrogens (tertiary/aromatic N) is 5. The van der Waals surface area contributed by atoms with Gasteiger partial charge < -0.3 is 9.80 Å². The molecule has 0 N–H and O–H groups in total. The summed E-state index contributed by atoms with van der Waals surface area (Å²) in [5, 5.41) is 15.7. The van der Waals surface area contributed by atoms with Gasteiger partial charge in [-0.3, -0.25) is 14.9 Å². The summed E-state index contributed by atoms with van der Waals surface area (Å²) in [5.74, 6) is -0.0677. The highest BCUT2D eigenvalue weighted by atomic mass is 16.6. The van der Waals surface area contributed by atoms with E-state index in [0.717, 1.165) is 22.6 Å². The third kappa shape index (κ3) is 4.25. The molecule has 1 saturated heterocycles. The number of nitro benzene ring substituents is 1. The normalized spacial score (nSPS) is 13.6. The van der Waals surface area contributed by atoms with E-state index in [9.17, 15) is 14.9 Å². The van der Waals surface area contributed by atoms with Crippen LogP contribution in [-0.4, -0.2) is 51.7 Å². The highest BCUT2D eigenvalue weighted by Gasteiger charge is 2.26. The van der Waals surface area contributed by atoms with Crippen LogP contribution in [0.1, 0.15) is 10.5 Å². The first-order chi connectivity index (χ1) is 16.6. The molecular formula is C26H23N5O3. The first kappa shape index (κ1) is 21.4. The third-order valence-electron chi connectivity index (χ3n) is 5.99. The predicted molar refractivity (Wildman–Crippen MR) is 130 cm³/mol. The molecule has 1 amide bonds. The number of aromatic nitrogens is 2. The van der Waals surface area contributed by atoms with Gasteiger partial charge in [0.2, 0.25) is 0 Å². The minimum atomic E-state index is -0.403. The van der Waals surface area contributed by atoms with Crippen molar-refractivity contribution in [2.75, 3.05) is 31.1 Å². The Hall–Kier alpha value is -4.46. The van der Waals surface area contributed by atoms with Crippen LogP contribution < -0.4 is 4.90 Å². The number of hydrogen-bond acceptors (Lipinski definition) is 5. The van der Waals surface area contributed by atoms with Gasteiger partial charge in [-0.15, -0.1) is 0 Å². The largest absolute Gasteiger partial charge is 0.368 e. The molecule has 8 heteroatoms. The number of nitro groups is 1. The maximum atomic E-state index is 13.6. The lowest BCUT2D eigenvalue weighted by molar-refractivity contribution is -0.384. The molecule has 1 aromatic heterocycles. The molecule has 0 aliphatic carbocycles. The number of carbonyl (C=O) groups is 1. The molecule has 34 heavy (non-hydrogen) atoms. The smallest absolute Gasteiger partial charge is 0.272 e. The molecule has 0 radical (unpaired) electrons. The van der Waals surface area contributed by atoms with Gasteiger partial charge in [0.05, 0.1) is 16.3 Å². The van der Waals surface area contributed by atoms with Crippen molar-refractivity contribution < 1.29 is 9.72 Å². The first-order valence-corrected chi connectivity index (χ1v) is 11.1. The minimum absolute atomic E-state index is 0.0677. The summed E-state index contributed by atoms with van der Waals surface area (Å²) in [5.41, 5.74) is 4.04. The van der Waals surface area contributed by atoms with Gasteiger partial charge in [0.25, 0.3) is 11.6 Å². The highest BCUT2D eigenvalue weighted by molar-refractivity contribution is 5.94. The molecule has 1 aliphatic rings. The number of rotatable bonds is 5. The Labute approximate surface area is 196 Å². The van der Waals surface area contributed by atoms with Crippen LogP contribution in [0.5, 0.6) is 0 Å². The van der Waals surface area contributed by atoms with Crippen LogP contribution in [0.25, 0.3) is 16.9 Å². The fourth-order valence-electron chi connectivity index (χ4n) is 4.16. The van der Waals surface area contributed by atoms with E-state index < -0.39 is 4.92 Å². The van der Waals surface area contributed by atoms with Gasteiger partial charge in [-0.25, -0.2) is 4.68 Å². The molecule has 0 spiro atoms. The fourth-order valence-corrected chi connectivity index (χ4v) is 4.16. The van der Waals surface area contributed by atoms with Gasteiger partial charge >= 0.3 is 0 Å². The number of para-hydroxylation sites is 1. The summed E-state index contributed by atoms with van der Waals surface area (Å²) in [6, 6.07) is 27.9. The van der Waals surface area contributed by atoms with Crippen LogP contribution in [-0.2, 0) is 0 Å². The number of carbonyl (C=O) groups excluding carboxylic acids is 1. The van der Waals surface area contributed by atoms with E-state index in [2.05, 4.69) is 4.90 Å². The second-order valence-corrected chi connectivity index (χ2v) is 8.08. The van der Waals surface area contributed by atoms with Crippen molar-refractivity contribution in [2.24, 2.45) is 0 Å². The lowest BCUT2D eigenvalue weighted by Crippen LogP contribution is -2.49. The van der Waals surface area contributed by atoms with E-state index in [1.165, 1.54) is 12.1 Å². The lowest BCUT2D eigenvalue weighted by Gasteiger charge is -2.36. The molecular weight excluding hydrogens is 430 g/mol. The molecule has 3 aromatic carbocycles. The van der Waals surface area contributed by atoms with Crippen LogP contribution in [0, 0.1) is 10.1 Å². The number of benzene rings is 3. The van der Waals surface area contributed by atoms with Gasteiger partial charge in [-0.05, 0) is 30.3 Å². The van der Waals surface area contributed by atoms with E-state index in [-0.39, 0.29) is 11.6 Å². The van der Waals surface area contributed by atoms with Gasteiger partial charge in [0, 0.05) is 49.6 Å². The number of amides is 1. The third-order valence-corrected chi connectivity index (χ3v) is 5.99.